The van der Waals surface area contributed by atoms with Gasteiger partial charge in [-0.2, -0.15) is 0 Å². The van der Waals surface area contributed by atoms with E-state index >= 15 is 0 Å². The first-order valence-corrected chi connectivity index (χ1v) is 5.87. The highest BCUT2D eigenvalue weighted by atomic mass is 32.2. The summed E-state index contributed by atoms with van der Waals surface area (Å²) in [4.78, 5) is 5.71. The monoisotopic (exact) mass is 203 g/mol. The van der Waals surface area contributed by atoms with E-state index in [0.717, 1.165) is 11.3 Å². The lowest BCUT2D eigenvalue weighted by Gasteiger charge is -2.03. The van der Waals surface area contributed by atoms with Crippen LogP contribution in [0.5, 0.6) is 0 Å². The highest BCUT2D eigenvalue weighted by molar-refractivity contribution is 7.99. The van der Waals surface area contributed by atoms with Crippen LogP contribution in [0, 0.1) is 0 Å². The fourth-order valence-electron chi connectivity index (χ4n) is 1.40. The van der Waals surface area contributed by atoms with Crippen molar-refractivity contribution in [2.75, 3.05) is 5.75 Å². The Labute approximate surface area is 88.6 Å². The van der Waals surface area contributed by atoms with Crippen LogP contribution in [0.4, 0.5) is 0 Å². The molecule has 0 radical (unpaired) electrons. The van der Waals surface area contributed by atoms with Crippen LogP contribution >= 0.6 is 11.8 Å². The van der Waals surface area contributed by atoms with Crippen LogP contribution < -0.4 is 0 Å². The number of nitrogens with zero attached hydrogens (tertiary/aromatic N) is 1. The van der Waals surface area contributed by atoms with Gasteiger partial charge < -0.3 is 0 Å². The zero-order valence-corrected chi connectivity index (χ0v) is 9.05. The van der Waals surface area contributed by atoms with E-state index in [1.165, 1.54) is 16.7 Å². The second kappa shape index (κ2) is 4.47. The van der Waals surface area contributed by atoms with Gasteiger partial charge in [0.15, 0.2) is 0 Å². The molecular weight excluding hydrogens is 190 g/mol. The summed E-state index contributed by atoms with van der Waals surface area (Å²) in [5.74, 6) is 1.16. The Morgan fingerprint density at radius 1 is 1.21 bits per heavy atom. The molecule has 0 fully saturated rings. The standard InChI is InChI=1S/C12H13NS/c1-2-9-14-11-7-3-5-10-6-4-8-13-12(10)11/h3-8H,2,9H2,1H3. The summed E-state index contributed by atoms with van der Waals surface area (Å²) in [6, 6.07) is 10.4. The maximum Gasteiger partial charge on any atom is 0.0837 e. The van der Waals surface area contributed by atoms with E-state index in [9.17, 15) is 0 Å². The topological polar surface area (TPSA) is 12.9 Å². The third-order valence-electron chi connectivity index (χ3n) is 2.06. The molecule has 1 nitrogen and oxygen atoms in total. The SMILES string of the molecule is CCCSc1cccc2cccnc12. The van der Waals surface area contributed by atoms with E-state index in [1.807, 2.05) is 24.0 Å². The molecule has 0 N–H and O–H groups in total. The van der Waals surface area contributed by atoms with Crippen molar-refractivity contribution in [3.05, 3.63) is 36.5 Å². The third kappa shape index (κ3) is 1.90. The molecule has 0 saturated carbocycles. The van der Waals surface area contributed by atoms with Crippen molar-refractivity contribution in [2.45, 2.75) is 18.2 Å². The van der Waals surface area contributed by atoms with Gasteiger partial charge in [-0.25, -0.2) is 0 Å². The number of aromatic nitrogens is 1. The van der Waals surface area contributed by atoms with E-state index in [0.29, 0.717) is 0 Å². The van der Waals surface area contributed by atoms with Crippen molar-refractivity contribution >= 4 is 22.7 Å². The van der Waals surface area contributed by atoms with Crippen LogP contribution in [-0.2, 0) is 0 Å². The molecule has 0 aliphatic heterocycles. The summed E-state index contributed by atoms with van der Waals surface area (Å²) in [6.45, 7) is 2.20. The Kier molecular flexibility index (Phi) is 3.04. The van der Waals surface area contributed by atoms with Gasteiger partial charge in [-0.05, 0) is 24.3 Å². The predicted molar refractivity (Wildman–Crippen MR) is 62.8 cm³/mol. The van der Waals surface area contributed by atoms with E-state index in [2.05, 4.69) is 36.2 Å². The van der Waals surface area contributed by atoms with Gasteiger partial charge >= 0.3 is 0 Å². The summed E-state index contributed by atoms with van der Waals surface area (Å²) < 4.78 is 0. The minimum Gasteiger partial charge on any atom is -0.255 e. The van der Waals surface area contributed by atoms with E-state index in [-0.39, 0.29) is 0 Å². The molecular formula is C12H13NS. The van der Waals surface area contributed by atoms with Crippen LogP contribution in [0.15, 0.2) is 41.4 Å². The lowest BCUT2D eigenvalue weighted by atomic mass is 10.2. The second-order valence-corrected chi connectivity index (χ2v) is 4.32. The Balaban J connectivity index is 2.43. The minimum atomic E-state index is 1.13. The molecule has 0 aliphatic carbocycles. The number of hydrogen-bond acceptors (Lipinski definition) is 2. The Morgan fingerprint density at radius 2 is 2.07 bits per heavy atom. The van der Waals surface area contributed by atoms with Gasteiger partial charge in [0.25, 0.3) is 0 Å². The van der Waals surface area contributed by atoms with E-state index in [4.69, 9.17) is 0 Å². The van der Waals surface area contributed by atoms with Crippen molar-refractivity contribution in [3.8, 4) is 0 Å². The van der Waals surface area contributed by atoms with E-state index < -0.39 is 0 Å². The van der Waals surface area contributed by atoms with Gasteiger partial charge in [-0.3, -0.25) is 4.98 Å². The average molecular weight is 203 g/mol. The highest BCUT2D eigenvalue weighted by Crippen LogP contribution is 2.26. The van der Waals surface area contributed by atoms with Gasteiger partial charge in [-0.1, -0.05) is 25.1 Å². The molecule has 1 aromatic heterocycles. The van der Waals surface area contributed by atoms with Crippen LogP contribution in [0.3, 0.4) is 0 Å². The number of fused-ring (bicyclic) bond motifs is 1. The smallest absolute Gasteiger partial charge is 0.0837 e. The van der Waals surface area contributed by atoms with Crippen LogP contribution in [0.25, 0.3) is 10.9 Å². The van der Waals surface area contributed by atoms with Crippen molar-refractivity contribution in [3.63, 3.8) is 0 Å². The van der Waals surface area contributed by atoms with Gasteiger partial charge in [-0.15, -0.1) is 11.8 Å². The van der Waals surface area contributed by atoms with Crippen molar-refractivity contribution in [1.29, 1.82) is 0 Å². The molecule has 14 heavy (non-hydrogen) atoms. The Hall–Kier alpha value is -1.02. The number of para-hydroxylation sites is 1. The van der Waals surface area contributed by atoms with Gasteiger partial charge in [0, 0.05) is 16.5 Å². The van der Waals surface area contributed by atoms with Crippen LogP contribution in [0.1, 0.15) is 13.3 Å². The third-order valence-corrected chi connectivity index (χ3v) is 3.31. The molecule has 0 bridgehead atoms. The first-order valence-electron chi connectivity index (χ1n) is 4.88. The van der Waals surface area contributed by atoms with Crippen molar-refractivity contribution < 1.29 is 0 Å². The minimum absolute atomic E-state index is 1.13. The van der Waals surface area contributed by atoms with Crippen molar-refractivity contribution in [2.24, 2.45) is 0 Å². The molecule has 0 unspecified atom stereocenters. The quantitative estimate of drug-likeness (QED) is 0.705. The normalized spacial score (nSPS) is 10.6. The Bertz CT molecular complexity index is 420. The maximum absolute atomic E-state index is 4.41. The molecule has 1 heterocycles. The van der Waals surface area contributed by atoms with Crippen LogP contribution in [0.2, 0.25) is 0 Å². The second-order valence-electron chi connectivity index (χ2n) is 3.18. The molecule has 0 saturated heterocycles. The molecule has 72 valence electrons. The van der Waals surface area contributed by atoms with Gasteiger partial charge in [0.1, 0.15) is 0 Å². The summed E-state index contributed by atoms with van der Waals surface area (Å²) in [5, 5.41) is 1.23. The number of hydrogen-bond donors (Lipinski definition) is 0. The zero-order valence-electron chi connectivity index (χ0n) is 8.23. The molecule has 2 heteroatoms. The summed E-state index contributed by atoms with van der Waals surface area (Å²) in [5.41, 5.74) is 1.13. The number of rotatable bonds is 3. The number of pyridine rings is 1. The molecule has 0 atom stereocenters. The maximum atomic E-state index is 4.41. The van der Waals surface area contributed by atoms with E-state index in [1.54, 1.807) is 0 Å². The molecule has 2 rings (SSSR count). The fourth-order valence-corrected chi connectivity index (χ4v) is 2.31. The summed E-state index contributed by atoms with van der Waals surface area (Å²) in [6.07, 6.45) is 3.06. The molecule has 0 amide bonds. The average Bonchev–Trinajstić information content (AvgIpc) is 2.26. The largest absolute Gasteiger partial charge is 0.255 e. The predicted octanol–water partition coefficient (Wildman–Crippen LogP) is 3.74. The molecule has 0 spiro atoms. The molecule has 0 aliphatic rings. The van der Waals surface area contributed by atoms with Crippen LogP contribution in [-0.4, -0.2) is 10.7 Å². The zero-order chi connectivity index (χ0) is 9.80. The first kappa shape index (κ1) is 9.53. The lowest BCUT2D eigenvalue weighted by Crippen LogP contribution is -1.82. The summed E-state index contributed by atoms with van der Waals surface area (Å²) in [7, 11) is 0. The molecule has 1 aromatic carbocycles. The number of thioether (sulfide) groups is 1. The first-order chi connectivity index (χ1) is 6.92. The van der Waals surface area contributed by atoms with Gasteiger partial charge in [0.05, 0.1) is 5.52 Å². The summed E-state index contributed by atoms with van der Waals surface area (Å²) >= 11 is 1.89. The van der Waals surface area contributed by atoms with Crippen molar-refractivity contribution in [1.82, 2.24) is 4.98 Å². The fraction of sp³-hybridized carbons (Fsp3) is 0.250. The highest BCUT2D eigenvalue weighted by Gasteiger charge is 2.00. The lowest BCUT2D eigenvalue weighted by molar-refractivity contribution is 1.10. The van der Waals surface area contributed by atoms with Gasteiger partial charge in [0.2, 0.25) is 0 Å². The Morgan fingerprint density at radius 3 is 2.93 bits per heavy atom. The molecule has 2 aromatic rings. The number of benzene rings is 1.